The Labute approximate surface area is 231 Å². The summed E-state index contributed by atoms with van der Waals surface area (Å²) in [6.45, 7) is 5.93. The molecule has 0 bridgehead atoms. The minimum absolute atomic E-state index is 0.0443. The number of carbonyl (C=O) groups is 2. The molecule has 7 nitrogen and oxygen atoms in total. The molecule has 2 aliphatic rings. The molecule has 4 heterocycles. The van der Waals surface area contributed by atoms with Crippen LogP contribution in [0.4, 0.5) is 0 Å². The van der Waals surface area contributed by atoms with E-state index in [9.17, 15) is 9.59 Å². The maximum absolute atomic E-state index is 13.7. The summed E-state index contributed by atoms with van der Waals surface area (Å²) in [6.07, 6.45) is 2.89. The van der Waals surface area contributed by atoms with E-state index < -0.39 is 5.54 Å². The SMILES string of the molecule is CC(=O)c1ccc(-c2cc(C3(NC(=O)c4cc(OCC5CCN5C)ccc4C)COC3)c3cccnc3c2)s1. The van der Waals surface area contributed by atoms with Gasteiger partial charge in [0.2, 0.25) is 0 Å². The lowest BCUT2D eigenvalue weighted by molar-refractivity contribution is -0.0726. The van der Waals surface area contributed by atoms with Gasteiger partial charge < -0.3 is 14.8 Å². The van der Waals surface area contributed by atoms with Gasteiger partial charge in [0.25, 0.3) is 5.91 Å². The number of Topliss-reactive ketones (excluding diaryl/α,β-unsaturated/α-hetero) is 1. The lowest BCUT2D eigenvalue weighted by atomic mass is 9.83. The summed E-state index contributed by atoms with van der Waals surface area (Å²) < 4.78 is 11.7. The number of nitrogens with one attached hydrogen (secondary N) is 1. The molecule has 0 saturated carbocycles. The van der Waals surface area contributed by atoms with Crippen molar-refractivity contribution < 1.29 is 19.1 Å². The van der Waals surface area contributed by atoms with Crippen LogP contribution >= 0.6 is 11.3 Å². The van der Waals surface area contributed by atoms with E-state index in [1.54, 1.807) is 13.1 Å². The molecule has 0 spiro atoms. The van der Waals surface area contributed by atoms with Gasteiger partial charge in [0.05, 0.1) is 23.6 Å². The molecule has 2 saturated heterocycles. The zero-order valence-corrected chi connectivity index (χ0v) is 23.1. The number of rotatable bonds is 8. The topological polar surface area (TPSA) is 80.8 Å². The van der Waals surface area contributed by atoms with Crippen molar-refractivity contribution in [3.63, 3.8) is 0 Å². The fraction of sp³-hybridized carbons (Fsp3) is 0.323. The lowest BCUT2D eigenvalue weighted by Crippen LogP contribution is -2.59. The molecule has 39 heavy (non-hydrogen) atoms. The summed E-state index contributed by atoms with van der Waals surface area (Å²) in [5.41, 5.74) is 3.51. The summed E-state index contributed by atoms with van der Waals surface area (Å²) in [4.78, 5) is 34.2. The van der Waals surface area contributed by atoms with Crippen molar-refractivity contribution in [3.05, 3.63) is 82.4 Å². The Balaban J connectivity index is 1.33. The molecule has 2 aromatic heterocycles. The third-order valence-electron chi connectivity index (χ3n) is 7.86. The minimum atomic E-state index is -0.701. The molecule has 0 radical (unpaired) electrons. The van der Waals surface area contributed by atoms with Crippen molar-refractivity contribution in [2.75, 3.05) is 33.4 Å². The van der Waals surface area contributed by atoms with E-state index >= 15 is 0 Å². The number of fused-ring (bicyclic) bond motifs is 1. The number of aryl methyl sites for hydroxylation is 1. The third-order valence-corrected chi connectivity index (χ3v) is 9.09. The zero-order chi connectivity index (χ0) is 27.1. The van der Waals surface area contributed by atoms with Crippen molar-refractivity contribution in [1.82, 2.24) is 15.2 Å². The van der Waals surface area contributed by atoms with E-state index in [-0.39, 0.29) is 11.7 Å². The first kappa shape index (κ1) is 25.7. The second-order valence-corrected chi connectivity index (χ2v) is 11.6. The number of benzene rings is 2. The number of ketones is 1. The monoisotopic (exact) mass is 541 g/mol. The van der Waals surface area contributed by atoms with E-state index in [2.05, 4.69) is 28.3 Å². The van der Waals surface area contributed by atoms with Crippen LogP contribution in [-0.2, 0) is 10.3 Å². The average Bonchev–Trinajstić information content (AvgIpc) is 3.41. The Hall–Kier alpha value is -3.59. The highest BCUT2D eigenvalue weighted by atomic mass is 32.1. The highest BCUT2D eigenvalue weighted by molar-refractivity contribution is 7.17. The molecule has 200 valence electrons. The van der Waals surface area contributed by atoms with Gasteiger partial charge in [-0.1, -0.05) is 12.1 Å². The average molecular weight is 542 g/mol. The maximum atomic E-state index is 13.7. The van der Waals surface area contributed by atoms with Gasteiger partial charge in [0.15, 0.2) is 5.78 Å². The standard InChI is InChI=1S/C31H31N3O4S/c1-19-6-7-23(38-16-22-10-12-34(22)3)15-25(19)30(36)33-31(17-37-18-31)26-13-21(14-27-24(26)5-4-11-32-27)29-9-8-28(39-29)20(2)35/h4-9,11,13-15,22H,10,12,16-18H2,1-3H3,(H,33,36). The Kier molecular flexibility index (Phi) is 6.71. The van der Waals surface area contributed by atoms with Gasteiger partial charge in [0.1, 0.15) is 17.9 Å². The molecule has 4 aromatic rings. The van der Waals surface area contributed by atoms with Crippen LogP contribution in [0, 0.1) is 6.92 Å². The number of hydrogen-bond acceptors (Lipinski definition) is 7. The van der Waals surface area contributed by atoms with Gasteiger partial charge in [-0.2, -0.15) is 0 Å². The molecule has 2 fully saturated rings. The summed E-state index contributed by atoms with van der Waals surface area (Å²) in [5.74, 6) is 0.572. The minimum Gasteiger partial charge on any atom is -0.492 e. The number of likely N-dealkylation sites (N-methyl/N-ethyl adjacent to an activating group) is 1. The summed E-state index contributed by atoms with van der Waals surface area (Å²) in [6, 6.07) is 18.0. The van der Waals surface area contributed by atoms with Gasteiger partial charge in [-0.05, 0) is 93.0 Å². The molecular weight excluding hydrogens is 510 g/mol. The lowest BCUT2D eigenvalue weighted by Gasteiger charge is -2.43. The number of likely N-dealkylation sites (tertiary alicyclic amines) is 1. The number of amides is 1. The van der Waals surface area contributed by atoms with Crippen LogP contribution in [0.2, 0.25) is 0 Å². The number of pyridine rings is 1. The van der Waals surface area contributed by atoms with Crippen molar-refractivity contribution in [2.45, 2.75) is 31.8 Å². The Morgan fingerprint density at radius 1 is 1.18 bits per heavy atom. The number of aromatic nitrogens is 1. The van der Waals surface area contributed by atoms with E-state index in [0.717, 1.165) is 45.4 Å². The van der Waals surface area contributed by atoms with Crippen LogP contribution in [0.1, 0.15) is 44.5 Å². The van der Waals surface area contributed by atoms with Crippen molar-refractivity contribution >= 4 is 33.9 Å². The molecule has 2 aliphatic heterocycles. The quantitative estimate of drug-likeness (QED) is 0.309. The van der Waals surface area contributed by atoms with Crippen molar-refractivity contribution in [3.8, 4) is 16.2 Å². The number of thiophene rings is 1. The largest absolute Gasteiger partial charge is 0.492 e. The molecule has 1 atom stereocenters. The molecule has 1 unspecified atom stereocenters. The Morgan fingerprint density at radius 3 is 2.69 bits per heavy atom. The molecule has 8 heteroatoms. The fourth-order valence-electron chi connectivity index (χ4n) is 5.20. The number of carbonyl (C=O) groups excluding carboxylic acids is 2. The number of nitrogens with zero attached hydrogens (tertiary/aromatic N) is 2. The van der Waals surface area contributed by atoms with Gasteiger partial charge in [-0.25, -0.2) is 0 Å². The van der Waals surface area contributed by atoms with Gasteiger partial charge in [-0.3, -0.25) is 19.5 Å². The van der Waals surface area contributed by atoms with Crippen LogP contribution in [0.3, 0.4) is 0 Å². The molecule has 6 rings (SSSR count). The summed E-state index contributed by atoms with van der Waals surface area (Å²) >= 11 is 1.46. The number of ether oxygens (including phenoxy) is 2. The van der Waals surface area contributed by atoms with Gasteiger partial charge >= 0.3 is 0 Å². The van der Waals surface area contributed by atoms with Crippen molar-refractivity contribution in [2.24, 2.45) is 0 Å². The molecule has 2 aromatic carbocycles. The second kappa shape index (κ2) is 10.2. The molecule has 1 N–H and O–H groups in total. The maximum Gasteiger partial charge on any atom is 0.252 e. The van der Waals surface area contributed by atoms with Crippen LogP contribution < -0.4 is 10.1 Å². The molecule has 0 aliphatic carbocycles. The fourth-order valence-corrected chi connectivity index (χ4v) is 6.09. The number of hydrogen-bond donors (Lipinski definition) is 1. The highest BCUT2D eigenvalue weighted by Gasteiger charge is 2.43. The smallest absolute Gasteiger partial charge is 0.252 e. The molecular formula is C31H31N3O4S. The Bertz CT molecular complexity index is 1580. The van der Waals surface area contributed by atoms with E-state index in [1.807, 2.05) is 55.5 Å². The Morgan fingerprint density at radius 2 is 2.03 bits per heavy atom. The first-order chi connectivity index (χ1) is 18.8. The first-order valence-electron chi connectivity index (χ1n) is 13.2. The predicted octanol–water partition coefficient (Wildman–Crippen LogP) is 5.21. The zero-order valence-electron chi connectivity index (χ0n) is 22.3. The molecule has 1 amide bonds. The first-order valence-corrected chi connectivity index (χ1v) is 14.0. The predicted molar refractivity (Wildman–Crippen MR) is 153 cm³/mol. The highest BCUT2D eigenvalue weighted by Crippen LogP contribution is 2.39. The summed E-state index contributed by atoms with van der Waals surface area (Å²) in [5, 5.41) is 4.28. The van der Waals surface area contributed by atoms with Crippen LogP contribution in [0.15, 0.2) is 60.8 Å². The second-order valence-electron chi connectivity index (χ2n) is 10.6. The van der Waals surface area contributed by atoms with Crippen LogP contribution in [-0.4, -0.2) is 61.0 Å². The van der Waals surface area contributed by atoms with E-state index in [1.165, 1.54) is 11.3 Å². The third kappa shape index (κ3) is 4.84. The van der Waals surface area contributed by atoms with Gasteiger partial charge in [0, 0.05) is 28.1 Å². The van der Waals surface area contributed by atoms with E-state index in [4.69, 9.17) is 9.47 Å². The van der Waals surface area contributed by atoms with Crippen LogP contribution in [0.5, 0.6) is 5.75 Å². The summed E-state index contributed by atoms with van der Waals surface area (Å²) in [7, 11) is 2.10. The van der Waals surface area contributed by atoms with Crippen molar-refractivity contribution in [1.29, 1.82) is 0 Å². The van der Waals surface area contributed by atoms with Gasteiger partial charge in [-0.15, -0.1) is 11.3 Å². The van der Waals surface area contributed by atoms with E-state index in [0.29, 0.717) is 42.1 Å². The normalized spacial score (nSPS) is 18.3. The van der Waals surface area contributed by atoms with Crippen LogP contribution in [0.25, 0.3) is 21.3 Å².